The number of benzene rings is 1. The predicted octanol–water partition coefficient (Wildman–Crippen LogP) is 1.92. The summed E-state index contributed by atoms with van der Waals surface area (Å²) in [4.78, 5) is 11.3. The van der Waals surface area contributed by atoms with Gasteiger partial charge in [0.25, 0.3) is 15.0 Å². The van der Waals surface area contributed by atoms with Crippen molar-refractivity contribution in [2.75, 3.05) is 6.61 Å². The molecule has 1 amide bonds. The smallest absolute Gasteiger partial charge is 0.261 e. The van der Waals surface area contributed by atoms with Gasteiger partial charge in [0.2, 0.25) is 0 Å². The summed E-state index contributed by atoms with van der Waals surface area (Å²) in [6.45, 7) is -0.164. The first-order valence-electron chi connectivity index (χ1n) is 5.52. The Morgan fingerprint density at radius 2 is 2.11 bits per heavy atom. The van der Waals surface area contributed by atoms with Gasteiger partial charge in [-0.15, -0.1) is 0 Å². The number of amides is 1. The second-order valence-electron chi connectivity index (χ2n) is 4.16. The molecule has 0 aliphatic heterocycles. The van der Waals surface area contributed by atoms with E-state index in [1.54, 1.807) is 0 Å². The number of ether oxygens (including phenoxy) is 1. The molecule has 0 aromatic heterocycles. The average molecular weight is 324 g/mol. The quantitative estimate of drug-likeness (QED) is 0.840. The SMILES string of the molecule is O=C(COc1ccc(S(=O)(=O)Cl)cc1Cl)NC1CC1. The highest BCUT2D eigenvalue weighted by atomic mass is 35.7. The molecule has 0 atom stereocenters. The summed E-state index contributed by atoms with van der Waals surface area (Å²) in [7, 11) is 1.36. The van der Waals surface area contributed by atoms with E-state index in [1.807, 2.05) is 0 Å². The molecule has 0 spiro atoms. The molecule has 1 fully saturated rings. The van der Waals surface area contributed by atoms with Gasteiger partial charge >= 0.3 is 0 Å². The number of carbonyl (C=O) groups is 1. The lowest BCUT2D eigenvalue weighted by Crippen LogP contribution is -2.30. The van der Waals surface area contributed by atoms with Gasteiger partial charge in [0.1, 0.15) is 5.75 Å². The Bertz CT molecular complexity index is 599. The molecule has 0 unspecified atom stereocenters. The van der Waals surface area contributed by atoms with Crippen LogP contribution in [0.3, 0.4) is 0 Å². The van der Waals surface area contributed by atoms with Crippen LogP contribution in [0.1, 0.15) is 12.8 Å². The van der Waals surface area contributed by atoms with Crippen LogP contribution in [0, 0.1) is 0 Å². The molecule has 8 heteroatoms. The summed E-state index contributed by atoms with van der Waals surface area (Å²) in [5.74, 6) is 0.00397. The van der Waals surface area contributed by atoms with Crippen molar-refractivity contribution in [1.29, 1.82) is 0 Å². The first kappa shape index (κ1) is 14.4. The Kier molecular flexibility index (Phi) is 4.23. The van der Waals surface area contributed by atoms with Gasteiger partial charge in [-0.25, -0.2) is 8.42 Å². The topological polar surface area (TPSA) is 72.5 Å². The maximum absolute atomic E-state index is 11.4. The minimum absolute atomic E-state index is 0.0842. The first-order valence-corrected chi connectivity index (χ1v) is 8.21. The molecule has 0 radical (unpaired) electrons. The third-order valence-electron chi connectivity index (χ3n) is 2.49. The molecule has 1 saturated carbocycles. The van der Waals surface area contributed by atoms with Crippen LogP contribution >= 0.6 is 22.3 Å². The second kappa shape index (κ2) is 5.56. The van der Waals surface area contributed by atoms with Crippen molar-refractivity contribution in [2.24, 2.45) is 0 Å². The lowest BCUT2D eigenvalue weighted by Gasteiger charge is -2.08. The van der Waals surface area contributed by atoms with Crippen LogP contribution in [0.2, 0.25) is 5.02 Å². The number of carbonyl (C=O) groups excluding carboxylic acids is 1. The third-order valence-corrected chi connectivity index (χ3v) is 4.13. The van der Waals surface area contributed by atoms with Gasteiger partial charge in [0.15, 0.2) is 6.61 Å². The van der Waals surface area contributed by atoms with Crippen molar-refractivity contribution >= 4 is 37.2 Å². The van der Waals surface area contributed by atoms with Gasteiger partial charge in [-0.2, -0.15) is 0 Å². The highest BCUT2D eigenvalue weighted by Crippen LogP contribution is 2.28. The summed E-state index contributed by atoms with van der Waals surface area (Å²) < 4.78 is 27.4. The zero-order chi connectivity index (χ0) is 14.0. The van der Waals surface area contributed by atoms with E-state index in [2.05, 4.69) is 5.32 Å². The van der Waals surface area contributed by atoms with E-state index < -0.39 is 9.05 Å². The van der Waals surface area contributed by atoms with E-state index >= 15 is 0 Å². The molecule has 19 heavy (non-hydrogen) atoms. The number of rotatable bonds is 5. The van der Waals surface area contributed by atoms with Crippen LogP contribution in [0.5, 0.6) is 5.75 Å². The summed E-state index contributed by atoms with van der Waals surface area (Å²) in [5.41, 5.74) is 0. The summed E-state index contributed by atoms with van der Waals surface area (Å²) in [6, 6.07) is 4.07. The molecule has 5 nitrogen and oxygen atoms in total. The highest BCUT2D eigenvalue weighted by Gasteiger charge is 2.23. The van der Waals surface area contributed by atoms with Crippen molar-refractivity contribution in [3.8, 4) is 5.75 Å². The van der Waals surface area contributed by atoms with Crippen molar-refractivity contribution in [1.82, 2.24) is 5.32 Å². The monoisotopic (exact) mass is 323 g/mol. The molecule has 104 valence electrons. The average Bonchev–Trinajstić information content (AvgIpc) is 3.10. The number of hydrogen-bond acceptors (Lipinski definition) is 4. The highest BCUT2D eigenvalue weighted by molar-refractivity contribution is 8.13. The van der Waals surface area contributed by atoms with Gasteiger partial charge in [-0.05, 0) is 31.0 Å². The summed E-state index contributed by atoms with van der Waals surface area (Å²) >= 11 is 5.86. The van der Waals surface area contributed by atoms with E-state index in [1.165, 1.54) is 18.2 Å². The zero-order valence-corrected chi connectivity index (χ0v) is 12.1. The fourth-order valence-corrected chi connectivity index (χ4v) is 2.47. The maximum Gasteiger partial charge on any atom is 0.261 e. The van der Waals surface area contributed by atoms with Crippen LogP contribution in [0.15, 0.2) is 23.1 Å². The molecule has 1 N–H and O–H groups in total. The van der Waals surface area contributed by atoms with Gasteiger partial charge in [-0.1, -0.05) is 11.6 Å². The largest absolute Gasteiger partial charge is 0.482 e. The van der Waals surface area contributed by atoms with Gasteiger partial charge in [-0.3, -0.25) is 4.79 Å². The minimum Gasteiger partial charge on any atom is -0.482 e. The van der Waals surface area contributed by atoms with Crippen molar-refractivity contribution in [3.63, 3.8) is 0 Å². The molecule has 1 aromatic rings. The summed E-state index contributed by atoms with van der Waals surface area (Å²) in [5, 5.41) is 2.84. The fourth-order valence-electron chi connectivity index (χ4n) is 1.39. The molecular weight excluding hydrogens is 313 g/mol. The van der Waals surface area contributed by atoms with Crippen LogP contribution in [-0.4, -0.2) is 27.0 Å². The van der Waals surface area contributed by atoms with Gasteiger partial charge in [0.05, 0.1) is 9.92 Å². The third kappa shape index (κ3) is 4.26. The normalized spacial score (nSPS) is 15.1. The zero-order valence-electron chi connectivity index (χ0n) is 9.73. The van der Waals surface area contributed by atoms with Crippen LogP contribution < -0.4 is 10.1 Å². The van der Waals surface area contributed by atoms with Crippen molar-refractivity contribution < 1.29 is 17.9 Å². The molecule has 0 saturated heterocycles. The Hall–Kier alpha value is -0.980. The fraction of sp³-hybridized carbons (Fsp3) is 0.364. The Morgan fingerprint density at radius 3 is 2.63 bits per heavy atom. The Labute approximate surface area is 120 Å². The lowest BCUT2D eigenvalue weighted by atomic mass is 10.3. The van der Waals surface area contributed by atoms with E-state index in [9.17, 15) is 13.2 Å². The maximum atomic E-state index is 11.4. The van der Waals surface area contributed by atoms with E-state index in [0.29, 0.717) is 0 Å². The summed E-state index contributed by atoms with van der Waals surface area (Å²) in [6.07, 6.45) is 1.99. The lowest BCUT2D eigenvalue weighted by molar-refractivity contribution is -0.123. The van der Waals surface area contributed by atoms with E-state index in [0.717, 1.165) is 12.8 Å². The predicted molar refractivity (Wildman–Crippen MR) is 71.2 cm³/mol. The van der Waals surface area contributed by atoms with Crippen LogP contribution in [0.4, 0.5) is 0 Å². The van der Waals surface area contributed by atoms with Crippen molar-refractivity contribution in [2.45, 2.75) is 23.8 Å². The number of halogens is 2. The van der Waals surface area contributed by atoms with Crippen molar-refractivity contribution in [3.05, 3.63) is 23.2 Å². The molecule has 2 rings (SSSR count). The standard InChI is InChI=1S/C11H11Cl2NO4S/c12-9-5-8(19(13,16)17)3-4-10(9)18-6-11(15)14-7-1-2-7/h3-5,7H,1-2,6H2,(H,14,15). The molecular formula is C11H11Cl2NO4S. The first-order chi connectivity index (χ1) is 8.86. The van der Waals surface area contributed by atoms with E-state index in [-0.39, 0.29) is 34.2 Å². The van der Waals surface area contributed by atoms with Crippen LogP contribution in [0.25, 0.3) is 0 Å². The second-order valence-corrected chi connectivity index (χ2v) is 7.13. The van der Waals surface area contributed by atoms with E-state index in [4.69, 9.17) is 27.0 Å². The molecule has 0 bridgehead atoms. The van der Waals surface area contributed by atoms with Crippen LogP contribution in [-0.2, 0) is 13.8 Å². The molecule has 0 heterocycles. The number of nitrogens with one attached hydrogen (secondary N) is 1. The minimum atomic E-state index is -3.83. The Balaban J connectivity index is 1.98. The molecule has 1 aromatic carbocycles. The van der Waals surface area contributed by atoms with Gasteiger partial charge in [0, 0.05) is 16.7 Å². The molecule has 1 aliphatic carbocycles. The molecule has 1 aliphatic rings. The number of hydrogen-bond donors (Lipinski definition) is 1. The Morgan fingerprint density at radius 1 is 1.42 bits per heavy atom. The van der Waals surface area contributed by atoms with Gasteiger partial charge < -0.3 is 10.1 Å².